The molecular weight excluding hydrogens is 663 g/mol. The summed E-state index contributed by atoms with van der Waals surface area (Å²) in [4.78, 5) is 34.9. The molecule has 1 aromatic carbocycles. The minimum Gasteiger partial charge on any atom is -0.444 e. The normalized spacial score (nSPS) is 27.7. The fourth-order valence-electron chi connectivity index (χ4n) is 3.89. The van der Waals surface area contributed by atoms with Crippen molar-refractivity contribution in [3.63, 3.8) is 0 Å². The highest BCUT2D eigenvalue weighted by Crippen LogP contribution is 2.19. The zero-order valence-corrected chi connectivity index (χ0v) is 33.3. The lowest BCUT2D eigenvalue weighted by atomic mass is 10.00. The maximum Gasteiger partial charge on any atom is 0.410 e. The molecule has 3 aliphatic rings. The van der Waals surface area contributed by atoms with Gasteiger partial charge in [0.05, 0.1) is 12.2 Å². The Hall–Kier alpha value is -2.73. The largest absolute Gasteiger partial charge is 0.444 e. The standard InChI is InChI=1S/C12H17NO.C11H21NO2.C10H19NO3.C6H14Si.CH2O/c14-12-6-8-13(9-7-12)10-11-4-2-1-3-5-11;1-9-5-7-12(8-6-9)10(13)14-11(2,3)4;1-10(2,3)14-9(13)11-6-4-8(12)5-7-11;1-5-6-7(2,3)4;1-2/h1-5,12,14H,6-10H2;9H,5-8H2,1-4H3;8,12H,4-7H2,1-3H3;5H,1,6H2,2-4H3;1H2/i8D2,9D2;7D2,8D2;6D2,7D2;;1D2. The third kappa shape index (κ3) is 25.8. The molecule has 0 unspecified atom stereocenters. The van der Waals surface area contributed by atoms with Crippen LogP contribution in [0.3, 0.4) is 0 Å². The van der Waals surface area contributed by atoms with E-state index in [-0.39, 0.29) is 51.0 Å². The summed E-state index contributed by atoms with van der Waals surface area (Å²) in [7, 11) is -0.775. The van der Waals surface area contributed by atoms with Crippen molar-refractivity contribution in [2.24, 2.45) is 5.92 Å². The second-order valence-corrected chi connectivity index (χ2v) is 20.9. The van der Waals surface area contributed by atoms with Crippen molar-refractivity contribution in [1.29, 1.82) is 0 Å². The van der Waals surface area contributed by atoms with Gasteiger partial charge in [0.15, 0.2) is 0 Å². The van der Waals surface area contributed by atoms with Crippen LogP contribution in [0.1, 0.15) is 112 Å². The highest BCUT2D eigenvalue weighted by molar-refractivity contribution is 6.76. The van der Waals surface area contributed by atoms with Crippen LogP contribution < -0.4 is 0 Å². The number of rotatable bonds is 4. The summed E-state index contributed by atoms with van der Waals surface area (Å²) in [6.45, 7) is 8.95. The van der Waals surface area contributed by atoms with Gasteiger partial charge in [0.1, 0.15) is 20.7 Å². The first-order valence-corrected chi connectivity index (χ1v) is 20.8. The zero-order valence-electron chi connectivity index (χ0n) is 46.3. The van der Waals surface area contributed by atoms with Gasteiger partial charge in [-0.05, 0) is 97.6 Å². The van der Waals surface area contributed by atoms with Crippen molar-refractivity contribution in [1.82, 2.24) is 14.7 Å². The van der Waals surface area contributed by atoms with Gasteiger partial charge in [-0.2, -0.15) is 0 Å². The fraction of sp³-hybridized carbons (Fsp3) is 0.725. The summed E-state index contributed by atoms with van der Waals surface area (Å²) in [5.74, 6) is -0.117. The zero-order chi connectivity index (χ0) is 51.6. The molecule has 0 atom stereocenters. The Morgan fingerprint density at radius 3 is 1.53 bits per heavy atom. The van der Waals surface area contributed by atoms with Crippen molar-refractivity contribution in [3.8, 4) is 0 Å². The summed E-state index contributed by atoms with van der Waals surface area (Å²) < 4.78 is 115. The monoisotopic (exact) mass is 750 g/mol. The van der Waals surface area contributed by atoms with Gasteiger partial charge in [-0.1, -0.05) is 63.0 Å². The lowest BCUT2D eigenvalue weighted by Gasteiger charge is -2.32. The first-order valence-electron chi connectivity index (χ1n) is 24.1. The molecule has 2 amide bonds. The summed E-state index contributed by atoms with van der Waals surface area (Å²) in [6.07, 6.45) is -2.55. The smallest absolute Gasteiger partial charge is 0.410 e. The average Bonchev–Trinajstić information content (AvgIpc) is 2.98. The Morgan fingerprint density at radius 2 is 1.20 bits per heavy atom. The van der Waals surface area contributed by atoms with Gasteiger partial charge in [0, 0.05) is 70.0 Å². The molecule has 11 heteroatoms. The van der Waals surface area contributed by atoms with Gasteiger partial charge < -0.3 is 34.3 Å². The average molecular weight is 750 g/mol. The molecule has 3 aliphatic heterocycles. The maximum atomic E-state index is 12.0. The van der Waals surface area contributed by atoms with E-state index in [2.05, 4.69) is 26.2 Å². The third-order valence-corrected chi connectivity index (χ3v) is 7.81. The van der Waals surface area contributed by atoms with Gasteiger partial charge in [-0.25, -0.2) is 9.59 Å². The quantitative estimate of drug-likeness (QED) is 0.235. The molecule has 0 bridgehead atoms. The van der Waals surface area contributed by atoms with Crippen LogP contribution in [0.2, 0.25) is 25.7 Å². The molecule has 51 heavy (non-hydrogen) atoms. The molecule has 0 spiro atoms. The highest BCUT2D eigenvalue weighted by Gasteiger charge is 2.26. The number of allylic oxidation sites excluding steroid dienone is 1. The van der Waals surface area contributed by atoms with Crippen LogP contribution in [0, 0.1) is 5.92 Å². The number of hydrogen-bond acceptors (Lipinski definition) is 8. The summed E-state index contributed by atoms with van der Waals surface area (Å²) >= 11 is 0. The van der Waals surface area contributed by atoms with E-state index in [0.29, 0.717) is 9.80 Å². The van der Waals surface area contributed by atoms with Gasteiger partial charge in [0.2, 0.25) is 0 Å². The number of piperidine rings is 3. The predicted octanol–water partition coefficient (Wildman–Crippen LogP) is 8.00. The number of amides is 2. The van der Waals surface area contributed by atoms with E-state index >= 15 is 0 Å². The van der Waals surface area contributed by atoms with E-state index in [9.17, 15) is 19.8 Å². The molecule has 3 fully saturated rings. The second kappa shape index (κ2) is 24.5. The Bertz CT molecular complexity index is 1570. The maximum absolute atomic E-state index is 12.0. The third-order valence-electron chi connectivity index (χ3n) is 6.29. The predicted molar refractivity (Wildman–Crippen MR) is 212 cm³/mol. The Morgan fingerprint density at radius 1 is 0.824 bits per heavy atom. The number of carbonyl (C=O) groups excluding carboxylic acids is 3. The molecule has 0 aromatic heterocycles. The number of nitrogens with zero attached hydrogens (tertiary/aromatic N) is 3. The van der Waals surface area contributed by atoms with E-state index in [0.717, 1.165) is 5.56 Å². The van der Waals surface area contributed by atoms with Crippen molar-refractivity contribution in [3.05, 3.63) is 48.6 Å². The topological polar surface area (TPSA) is 120 Å². The van der Waals surface area contributed by atoms with Gasteiger partial charge in [-0.3, -0.25) is 4.90 Å². The van der Waals surface area contributed by atoms with E-state index < -0.39 is 89.4 Å². The van der Waals surface area contributed by atoms with Crippen molar-refractivity contribution in [2.75, 3.05) is 39.0 Å². The van der Waals surface area contributed by atoms with Crippen LogP contribution in [0.15, 0.2) is 43.0 Å². The van der Waals surface area contributed by atoms with Gasteiger partial charge >= 0.3 is 12.2 Å². The summed E-state index contributed by atoms with van der Waals surface area (Å²) in [6, 6.07) is 10.5. The van der Waals surface area contributed by atoms with Crippen LogP contribution in [0.4, 0.5) is 9.59 Å². The minimum absolute atomic E-state index is 0.0562. The lowest BCUT2D eigenvalue weighted by molar-refractivity contribution is -0.0980. The van der Waals surface area contributed by atoms with E-state index in [4.69, 9.17) is 33.5 Å². The Labute approximate surface area is 331 Å². The van der Waals surface area contributed by atoms with Crippen LogP contribution in [0.25, 0.3) is 0 Å². The molecule has 2 N–H and O–H groups in total. The number of hydrogen-bond donors (Lipinski definition) is 2. The molecule has 0 aliphatic carbocycles. The molecule has 10 nitrogen and oxygen atoms in total. The molecule has 3 heterocycles. The molecule has 3 saturated heterocycles. The molecule has 1 aromatic rings. The van der Waals surface area contributed by atoms with Crippen molar-refractivity contribution in [2.45, 2.75) is 143 Å². The van der Waals surface area contributed by atoms with E-state index in [1.54, 1.807) is 48.5 Å². The van der Waals surface area contributed by atoms with Crippen LogP contribution in [-0.2, 0) is 20.8 Å². The van der Waals surface area contributed by atoms with Crippen LogP contribution in [-0.4, -0.2) is 114 Å². The Kier molecular flexibility index (Phi) is 13.8. The molecule has 294 valence electrons. The summed E-state index contributed by atoms with van der Waals surface area (Å²) in [5, 5.41) is 19.0. The van der Waals surface area contributed by atoms with Crippen LogP contribution >= 0.6 is 0 Å². The fourth-order valence-corrected chi connectivity index (χ4v) is 4.75. The summed E-state index contributed by atoms with van der Waals surface area (Å²) in [5.41, 5.74) is -0.743. The number of ether oxygens (including phenoxy) is 2. The highest BCUT2D eigenvalue weighted by atomic mass is 28.3. The van der Waals surface area contributed by atoms with Gasteiger partial charge in [0.25, 0.3) is 0 Å². The first-order chi connectivity index (χ1) is 28.8. The molecule has 0 saturated carbocycles. The van der Waals surface area contributed by atoms with Crippen LogP contribution in [0.5, 0.6) is 0 Å². The van der Waals surface area contributed by atoms with Gasteiger partial charge in [-0.15, -0.1) is 6.58 Å². The lowest BCUT2D eigenvalue weighted by Crippen LogP contribution is -2.42. The molecular formula is C40H73N3O7Si. The number of aliphatic hydroxyl groups excluding tert-OH is 2. The second-order valence-electron chi connectivity index (χ2n) is 15.3. The van der Waals surface area contributed by atoms with E-state index in [1.165, 1.54) is 10.9 Å². The Balaban J connectivity index is 0.000000847. The number of carbonyl (C=O) groups is 3. The minimum atomic E-state index is -2.27. The SMILES string of the molecule is C=CC[Si](C)(C)C.[2H]C([2H])=O.[2H]C1([2H])CC(C)CC([2H])([2H])N1C(=O)OC(C)(C)C.[2H]C1([2H])CC(O)CC([2H])([2H])N1C(=O)OC(C)(C)C.[2H]C1([2H])CC(O)CC([2H])([2H])N1Cc1ccccc1. The number of likely N-dealkylation sites (tertiary alicyclic amines) is 3. The molecule has 0 radical (unpaired) electrons. The van der Waals surface area contributed by atoms with Crippen molar-refractivity contribution >= 4 is 27.0 Å². The number of aliphatic hydroxyl groups is 2. The van der Waals surface area contributed by atoms with Crippen molar-refractivity contribution < 1.29 is 53.3 Å². The first kappa shape index (κ1) is 28.7. The molecule has 4 rings (SSSR count). The van der Waals surface area contributed by atoms with E-state index in [1.807, 2.05) is 36.4 Å². The number of benzene rings is 1.